The van der Waals surface area contributed by atoms with Crippen molar-refractivity contribution >= 4 is 17.5 Å². The minimum atomic E-state index is -0.812. The zero-order chi connectivity index (χ0) is 20.3. The summed E-state index contributed by atoms with van der Waals surface area (Å²) < 4.78 is 28.5. The Balaban J connectivity index is 1.72. The maximum atomic E-state index is 13.7. The summed E-state index contributed by atoms with van der Waals surface area (Å²) in [5.41, 5.74) is 0.451. The first-order valence-corrected chi connectivity index (χ1v) is 8.50. The number of aliphatic hydroxyl groups excluding tert-OH is 1. The number of carbonyl (C=O) groups is 1. The summed E-state index contributed by atoms with van der Waals surface area (Å²) in [7, 11) is 0. The Labute approximate surface area is 163 Å². The van der Waals surface area contributed by atoms with Crippen LogP contribution in [0.15, 0.2) is 36.4 Å². The summed E-state index contributed by atoms with van der Waals surface area (Å²) >= 11 is 5.65. The molecule has 0 radical (unpaired) electrons. The van der Waals surface area contributed by atoms with Crippen molar-refractivity contribution in [3.05, 3.63) is 64.4 Å². The van der Waals surface area contributed by atoms with E-state index >= 15 is 0 Å². The lowest BCUT2D eigenvalue weighted by atomic mass is 10.2. The highest BCUT2D eigenvalue weighted by Crippen LogP contribution is 2.22. The first-order chi connectivity index (χ1) is 13.4. The molecule has 0 atom stereocenters. The van der Waals surface area contributed by atoms with E-state index in [0.717, 1.165) is 10.7 Å². The van der Waals surface area contributed by atoms with Crippen molar-refractivity contribution in [3.8, 4) is 17.1 Å². The fourth-order valence-corrected chi connectivity index (χ4v) is 2.60. The van der Waals surface area contributed by atoms with Crippen molar-refractivity contribution in [2.75, 3.05) is 0 Å². The van der Waals surface area contributed by atoms with E-state index in [9.17, 15) is 23.8 Å². The molecule has 0 bridgehead atoms. The minimum Gasteiger partial charge on any atom is -0.505 e. The first kappa shape index (κ1) is 19.7. The third kappa shape index (κ3) is 4.26. The molecule has 0 saturated carbocycles. The SMILES string of the molecule is O=C(Cc1nc(-c2ccc(Cl)c(F)c2)nn1CO)NCc1cccc(O)c1F. The first-order valence-electron chi connectivity index (χ1n) is 8.12. The van der Waals surface area contributed by atoms with Gasteiger partial charge in [-0.05, 0) is 24.3 Å². The molecule has 0 spiro atoms. The second-order valence-corrected chi connectivity index (χ2v) is 6.23. The second-order valence-electron chi connectivity index (χ2n) is 5.83. The average molecular weight is 409 g/mol. The molecule has 10 heteroatoms. The monoisotopic (exact) mass is 408 g/mol. The molecule has 7 nitrogen and oxygen atoms in total. The van der Waals surface area contributed by atoms with Crippen LogP contribution in [0.5, 0.6) is 5.75 Å². The van der Waals surface area contributed by atoms with Crippen LogP contribution in [0.4, 0.5) is 8.78 Å². The van der Waals surface area contributed by atoms with Crippen molar-refractivity contribution in [2.45, 2.75) is 19.7 Å². The molecule has 3 aromatic rings. The fraction of sp³-hybridized carbons (Fsp3) is 0.167. The molecule has 0 aliphatic heterocycles. The molecule has 2 aromatic carbocycles. The van der Waals surface area contributed by atoms with Gasteiger partial charge in [0.15, 0.2) is 17.4 Å². The Bertz CT molecular complexity index is 1030. The van der Waals surface area contributed by atoms with E-state index in [-0.39, 0.29) is 35.2 Å². The van der Waals surface area contributed by atoms with E-state index in [1.807, 2.05) is 0 Å². The number of nitrogens with zero attached hydrogens (tertiary/aromatic N) is 3. The Morgan fingerprint density at radius 3 is 2.75 bits per heavy atom. The third-order valence-electron chi connectivity index (χ3n) is 3.91. The average Bonchev–Trinajstić information content (AvgIpc) is 3.08. The number of rotatable bonds is 6. The highest BCUT2D eigenvalue weighted by molar-refractivity contribution is 6.30. The van der Waals surface area contributed by atoms with Gasteiger partial charge in [0, 0.05) is 17.7 Å². The number of aromatic hydroxyl groups is 1. The maximum Gasteiger partial charge on any atom is 0.227 e. The van der Waals surface area contributed by atoms with E-state index in [1.54, 1.807) is 0 Å². The summed E-state index contributed by atoms with van der Waals surface area (Å²) in [6.45, 7) is -0.672. The van der Waals surface area contributed by atoms with Gasteiger partial charge in [0.05, 0.1) is 11.4 Å². The van der Waals surface area contributed by atoms with Gasteiger partial charge in [-0.25, -0.2) is 18.4 Å². The van der Waals surface area contributed by atoms with Crippen LogP contribution in [-0.4, -0.2) is 30.9 Å². The van der Waals surface area contributed by atoms with E-state index in [0.29, 0.717) is 5.56 Å². The van der Waals surface area contributed by atoms with Crippen LogP contribution in [0, 0.1) is 11.6 Å². The van der Waals surface area contributed by atoms with Gasteiger partial charge in [0.25, 0.3) is 0 Å². The van der Waals surface area contributed by atoms with Gasteiger partial charge in [0.2, 0.25) is 5.91 Å². The van der Waals surface area contributed by atoms with Gasteiger partial charge in [-0.1, -0.05) is 23.7 Å². The van der Waals surface area contributed by atoms with Crippen molar-refractivity contribution in [2.24, 2.45) is 0 Å². The molecule has 1 aromatic heterocycles. The number of hydrogen-bond donors (Lipinski definition) is 3. The molecule has 0 aliphatic carbocycles. The predicted molar refractivity (Wildman–Crippen MR) is 96.3 cm³/mol. The number of aromatic nitrogens is 3. The molecule has 28 heavy (non-hydrogen) atoms. The van der Waals surface area contributed by atoms with Crippen LogP contribution in [-0.2, 0) is 24.5 Å². The Morgan fingerprint density at radius 1 is 1.25 bits per heavy atom. The van der Waals surface area contributed by atoms with Crippen molar-refractivity contribution in [1.29, 1.82) is 0 Å². The number of aliphatic hydroxyl groups is 1. The molecule has 0 aliphatic rings. The minimum absolute atomic E-state index is 0.0517. The summed E-state index contributed by atoms with van der Waals surface area (Å²) in [4.78, 5) is 16.3. The summed E-state index contributed by atoms with van der Waals surface area (Å²) in [6, 6.07) is 8.09. The van der Waals surface area contributed by atoms with Crippen LogP contribution >= 0.6 is 11.6 Å². The van der Waals surface area contributed by atoms with Gasteiger partial charge >= 0.3 is 0 Å². The van der Waals surface area contributed by atoms with Crippen LogP contribution < -0.4 is 5.32 Å². The number of benzene rings is 2. The maximum absolute atomic E-state index is 13.7. The van der Waals surface area contributed by atoms with Gasteiger partial charge in [-0.15, -0.1) is 5.10 Å². The topological polar surface area (TPSA) is 100 Å². The number of carbonyl (C=O) groups excluding carboxylic acids is 1. The largest absolute Gasteiger partial charge is 0.505 e. The van der Waals surface area contributed by atoms with E-state index < -0.39 is 30.0 Å². The molecule has 146 valence electrons. The third-order valence-corrected chi connectivity index (χ3v) is 4.22. The number of amides is 1. The van der Waals surface area contributed by atoms with Crippen molar-refractivity contribution in [1.82, 2.24) is 20.1 Å². The molecule has 3 N–H and O–H groups in total. The Kier molecular flexibility index (Phi) is 5.86. The number of nitrogens with one attached hydrogen (secondary N) is 1. The molecular formula is C18H15ClF2N4O3. The van der Waals surface area contributed by atoms with E-state index in [1.165, 1.54) is 30.3 Å². The van der Waals surface area contributed by atoms with Crippen molar-refractivity contribution in [3.63, 3.8) is 0 Å². The van der Waals surface area contributed by atoms with Crippen molar-refractivity contribution < 1.29 is 23.8 Å². The molecule has 1 heterocycles. The van der Waals surface area contributed by atoms with Crippen LogP contribution in [0.1, 0.15) is 11.4 Å². The highest BCUT2D eigenvalue weighted by atomic mass is 35.5. The quantitative estimate of drug-likeness (QED) is 0.581. The lowest BCUT2D eigenvalue weighted by Gasteiger charge is -2.07. The predicted octanol–water partition coefficient (Wildman–Crippen LogP) is 2.39. The lowest BCUT2D eigenvalue weighted by Crippen LogP contribution is -2.26. The van der Waals surface area contributed by atoms with Gasteiger partial charge in [-0.2, -0.15) is 0 Å². The van der Waals surface area contributed by atoms with E-state index in [2.05, 4.69) is 15.4 Å². The Hall–Kier alpha value is -3.04. The van der Waals surface area contributed by atoms with Gasteiger partial charge in [-0.3, -0.25) is 4.79 Å². The van der Waals surface area contributed by atoms with Gasteiger partial charge in [0.1, 0.15) is 18.4 Å². The zero-order valence-electron chi connectivity index (χ0n) is 14.4. The van der Waals surface area contributed by atoms with Crippen LogP contribution in [0.25, 0.3) is 11.4 Å². The van der Waals surface area contributed by atoms with Crippen LogP contribution in [0.2, 0.25) is 5.02 Å². The van der Waals surface area contributed by atoms with Gasteiger partial charge < -0.3 is 15.5 Å². The summed E-state index contributed by atoms with van der Waals surface area (Å²) in [6.07, 6.45) is -0.246. The standard InChI is InChI=1S/C18H15ClF2N4O3/c19-12-5-4-10(6-13(12)20)18-23-15(25(9-26)24-18)7-16(28)22-8-11-2-1-3-14(27)17(11)21/h1-6,26-27H,7-9H2,(H,22,28). The van der Waals surface area contributed by atoms with E-state index in [4.69, 9.17) is 11.6 Å². The number of halogens is 3. The molecular weight excluding hydrogens is 394 g/mol. The number of phenols is 1. The molecule has 0 unspecified atom stereocenters. The normalized spacial score (nSPS) is 10.9. The summed E-state index contributed by atoms with van der Waals surface area (Å²) in [5.74, 6) is -2.21. The molecule has 0 fully saturated rings. The zero-order valence-corrected chi connectivity index (χ0v) is 15.1. The number of phenolic OH excluding ortho intramolecular Hbond substituents is 1. The highest BCUT2D eigenvalue weighted by Gasteiger charge is 2.16. The second kappa shape index (κ2) is 8.32. The molecule has 0 saturated heterocycles. The smallest absolute Gasteiger partial charge is 0.227 e. The van der Waals surface area contributed by atoms with Crippen LogP contribution in [0.3, 0.4) is 0 Å². The summed E-state index contributed by atoms with van der Waals surface area (Å²) in [5, 5.41) is 25.3. The Morgan fingerprint density at radius 2 is 2.04 bits per heavy atom. The number of hydrogen-bond acceptors (Lipinski definition) is 5. The fourth-order valence-electron chi connectivity index (χ4n) is 2.48. The lowest BCUT2D eigenvalue weighted by molar-refractivity contribution is -0.120. The molecule has 1 amide bonds. The molecule has 3 rings (SSSR count).